The zero-order chi connectivity index (χ0) is 23.4. The van der Waals surface area contributed by atoms with E-state index in [1.54, 1.807) is 12.1 Å². The number of rotatable bonds is 8. The Hall–Kier alpha value is -1.92. The molecule has 0 spiro atoms. The third-order valence-electron chi connectivity index (χ3n) is 5.22. The molecular formula is C21H27N3O5S3. The zero-order valence-corrected chi connectivity index (χ0v) is 20.5. The van der Waals surface area contributed by atoms with Crippen molar-refractivity contribution in [2.75, 3.05) is 38.3 Å². The molecule has 1 heterocycles. The molecule has 1 saturated heterocycles. The molecule has 1 aliphatic rings. The number of hydrogen-bond donors (Lipinski definition) is 1. The van der Waals surface area contributed by atoms with Crippen LogP contribution in [0.5, 0.6) is 0 Å². The lowest BCUT2D eigenvalue weighted by atomic mass is 10.2. The van der Waals surface area contributed by atoms with E-state index in [-0.39, 0.29) is 16.3 Å². The smallest absolute Gasteiger partial charge is 0.243 e. The third-order valence-corrected chi connectivity index (χ3v) is 9.70. The van der Waals surface area contributed by atoms with Crippen LogP contribution in [0, 0.1) is 0 Å². The van der Waals surface area contributed by atoms with Gasteiger partial charge < -0.3 is 5.32 Å². The van der Waals surface area contributed by atoms with Crippen LogP contribution in [-0.4, -0.2) is 64.3 Å². The lowest BCUT2D eigenvalue weighted by Gasteiger charge is -2.25. The van der Waals surface area contributed by atoms with Gasteiger partial charge in [-0.05, 0) is 67.6 Å². The topological polar surface area (TPSA) is 104 Å². The molecule has 1 amide bonds. The number of sulfonamides is 2. The standard InChI is InChI=1S/C21H27N3O5S3/c1-23(31(26,27)19-12-8-18(30-2)9-13-19)16-21(25)22-17-6-10-20(11-7-17)32(28,29)24-14-4-3-5-15-24/h6-13H,3-5,14-16H2,1-2H3,(H,22,25). The molecule has 0 aliphatic carbocycles. The van der Waals surface area contributed by atoms with Gasteiger partial charge in [-0.1, -0.05) is 6.42 Å². The van der Waals surface area contributed by atoms with E-state index in [1.807, 2.05) is 6.26 Å². The Morgan fingerprint density at radius 3 is 2.06 bits per heavy atom. The number of hydrogen-bond acceptors (Lipinski definition) is 6. The molecule has 11 heteroatoms. The summed E-state index contributed by atoms with van der Waals surface area (Å²) in [7, 11) is -6.02. The van der Waals surface area contributed by atoms with Crippen molar-refractivity contribution in [1.82, 2.24) is 8.61 Å². The average Bonchev–Trinajstić information content (AvgIpc) is 2.80. The highest BCUT2D eigenvalue weighted by Gasteiger charge is 2.26. The minimum absolute atomic E-state index is 0.109. The monoisotopic (exact) mass is 497 g/mol. The van der Waals surface area contributed by atoms with Gasteiger partial charge in [0.1, 0.15) is 0 Å². The lowest BCUT2D eigenvalue weighted by molar-refractivity contribution is -0.116. The maximum Gasteiger partial charge on any atom is 0.243 e. The number of benzene rings is 2. The molecular weight excluding hydrogens is 470 g/mol. The maximum atomic E-state index is 12.7. The predicted octanol–water partition coefficient (Wildman–Crippen LogP) is 2.84. The molecule has 32 heavy (non-hydrogen) atoms. The molecule has 3 rings (SSSR count). The van der Waals surface area contributed by atoms with Gasteiger partial charge in [-0.3, -0.25) is 4.79 Å². The van der Waals surface area contributed by atoms with Crippen molar-refractivity contribution in [3.05, 3.63) is 48.5 Å². The number of piperidine rings is 1. The number of amides is 1. The molecule has 174 valence electrons. The highest BCUT2D eigenvalue weighted by Crippen LogP contribution is 2.23. The number of nitrogens with one attached hydrogen (secondary N) is 1. The van der Waals surface area contributed by atoms with E-state index in [2.05, 4.69) is 5.32 Å². The van der Waals surface area contributed by atoms with Crippen molar-refractivity contribution < 1.29 is 21.6 Å². The van der Waals surface area contributed by atoms with Crippen molar-refractivity contribution in [2.24, 2.45) is 0 Å². The quantitative estimate of drug-likeness (QED) is 0.563. The van der Waals surface area contributed by atoms with Crippen molar-refractivity contribution in [3.63, 3.8) is 0 Å². The van der Waals surface area contributed by atoms with Crippen LogP contribution in [0.2, 0.25) is 0 Å². The van der Waals surface area contributed by atoms with E-state index in [4.69, 9.17) is 0 Å². The molecule has 2 aromatic carbocycles. The first kappa shape index (κ1) is 24.7. The number of anilines is 1. The van der Waals surface area contributed by atoms with Gasteiger partial charge in [-0.2, -0.15) is 8.61 Å². The van der Waals surface area contributed by atoms with Gasteiger partial charge in [0.05, 0.1) is 16.3 Å². The van der Waals surface area contributed by atoms with Crippen LogP contribution in [-0.2, 0) is 24.8 Å². The first-order valence-electron chi connectivity index (χ1n) is 10.1. The van der Waals surface area contributed by atoms with Gasteiger partial charge >= 0.3 is 0 Å². The average molecular weight is 498 g/mol. The van der Waals surface area contributed by atoms with E-state index in [9.17, 15) is 21.6 Å². The second-order valence-electron chi connectivity index (χ2n) is 7.47. The Morgan fingerprint density at radius 2 is 1.50 bits per heavy atom. The Balaban J connectivity index is 1.62. The summed E-state index contributed by atoms with van der Waals surface area (Å²) in [4.78, 5) is 13.6. The number of carbonyl (C=O) groups excluding carboxylic acids is 1. The Kier molecular flexibility index (Phi) is 7.99. The van der Waals surface area contributed by atoms with E-state index in [1.165, 1.54) is 59.5 Å². The Labute approximate surface area is 194 Å². The summed E-state index contributed by atoms with van der Waals surface area (Å²) in [6.07, 6.45) is 4.64. The molecule has 0 saturated carbocycles. The van der Waals surface area contributed by atoms with Crippen LogP contribution in [0.1, 0.15) is 19.3 Å². The van der Waals surface area contributed by atoms with Gasteiger partial charge in [0.15, 0.2) is 0 Å². The summed E-state index contributed by atoms with van der Waals surface area (Å²) in [6.45, 7) is 0.656. The fourth-order valence-electron chi connectivity index (χ4n) is 3.38. The molecule has 0 aromatic heterocycles. The Bertz CT molecular complexity index is 1140. The van der Waals surface area contributed by atoms with Crippen LogP contribution >= 0.6 is 11.8 Å². The highest BCUT2D eigenvalue weighted by molar-refractivity contribution is 7.98. The van der Waals surface area contributed by atoms with E-state index in [0.29, 0.717) is 18.8 Å². The third kappa shape index (κ3) is 5.70. The van der Waals surface area contributed by atoms with Crippen LogP contribution in [0.25, 0.3) is 0 Å². The number of nitrogens with zero attached hydrogens (tertiary/aromatic N) is 2. The van der Waals surface area contributed by atoms with Gasteiger partial charge in [-0.15, -0.1) is 11.8 Å². The highest BCUT2D eigenvalue weighted by atomic mass is 32.2. The number of likely N-dealkylation sites (N-methyl/N-ethyl adjacent to an activating group) is 1. The van der Waals surface area contributed by atoms with Gasteiger partial charge in [-0.25, -0.2) is 16.8 Å². The van der Waals surface area contributed by atoms with Gasteiger partial charge in [0.2, 0.25) is 26.0 Å². The van der Waals surface area contributed by atoms with E-state index in [0.717, 1.165) is 28.5 Å². The largest absolute Gasteiger partial charge is 0.325 e. The predicted molar refractivity (Wildman–Crippen MR) is 126 cm³/mol. The summed E-state index contributed by atoms with van der Waals surface area (Å²) >= 11 is 1.51. The van der Waals surface area contributed by atoms with Crippen LogP contribution < -0.4 is 5.32 Å². The fraction of sp³-hybridized carbons (Fsp3) is 0.381. The minimum Gasteiger partial charge on any atom is -0.325 e. The van der Waals surface area contributed by atoms with Gasteiger partial charge in [0.25, 0.3) is 0 Å². The van der Waals surface area contributed by atoms with Gasteiger partial charge in [0, 0.05) is 30.7 Å². The second kappa shape index (κ2) is 10.3. The minimum atomic E-state index is -3.81. The summed E-state index contributed by atoms with van der Waals surface area (Å²) in [5, 5.41) is 2.62. The summed E-state index contributed by atoms with van der Waals surface area (Å²) < 4.78 is 53.3. The summed E-state index contributed by atoms with van der Waals surface area (Å²) in [6, 6.07) is 12.4. The van der Waals surface area contributed by atoms with E-state index >= 15 is 0 Å². The second-order valence-corrected chi connectivity index (χ2v) is 12.3. The molecule has 0 bridgehead atoms. The summed E-state index contributed by atoms with van der Waals surface area (Å²) in [5.41, 5.74) is 0.391. The molecule has 8 nitrogen and oxygen atoms in total. The molecule has 0 atom stereocenters. The molecule has 1 aliphatic heterocycles. The fourth-order valence-corrected chi connectivity index (χ4v) is 6.43. The molecule has 0 radical (unpaired) electrons. The first-order chi connectivity index (χ1) is 15.1. The number of carbonyl (C=O) groups is 1. The normalized spacial score (nSPS) is 15.6. The van der Waals surface area contributed by atoms with Crippen molar-refractivity contribution >= 4 is 43.4 Å². The molecule has 2 aromatic rings. The molecule has 1 N–H and O–H groups in total. The van der Waals surface area contributed by atoms with E-state index < -0.39 is 26.0 Å². The molecule has 1 fully saturated rings. The summed E-state index contributed by atoms with van der Waals surface area (Å²) in [5.74, 6) is -0.525. The SMILES string of the molecule is CSc1ccc(S(=O)(=O)N(C)CC(=O)Nc2ccc(S(=O)(=O)N3CCCCC3)cc2)cc1. The maximum absolute atomic E-state index is 12.7. The number of thioether (sulfide) groups is 1. The zero-order valence-electron chi connectivity index (χ0n) is 18.0. The van der Waals surface area contributed by atoms with Crippen LogP contribution in [0.15, 0.2) is 63.2 Å². The lowest BCUT2D eigenvalue weighted by Crippen LogP contribution is -2.35. The van der Waals surface area contributed by atoms with Crippen molar-refractivity contribution in [2.45, 2.75) is 33.9 Å². The van der Waals surface area contributed by atoms with Crippen LogP contribution in [0.3, 0.4) is 0 Å². The first-order valence-corrected chi connectivity index (χ1v) is 14.3. The Morgan fingerprint density at radius 1 is 0.938 bits per heavy atom. The van der Waals surface area contributed by atoms with Crippen molar-refractivity contribution in [1.29, 1.82) is 0 Å². The van der Waals surface area contributed by atoms with Crippen LogP contribution in [0.4, 0.5) is 5.69 Å². The van der Waals surface area contributed by atoms with Crippen molar-refractivity contribution in [3.8, 4) is 0 Å². The molecule has 0 unspecified atom stereocenters.